The van der Waals surface area contributed by atoms with E-state index < -0.39 is 5.97 Å². The molecule has 4 nitrogen and oxygen atoms in total. The van der Waals surface area contributed by atoms with Gasteiger partial charge in [0.2, 0.25) is 0 Å². The minimum atomic E-state index is -0.423. The normalized spacial score (nSPS) is 10.9. The van der Waals surface area contributed by atoms with Gasteiger partial charge in [0.15, 0.2) is 14.4 Å². The molecule has 0 saturated heterocycles. The van der Waals surface area contributed by atoms with Gasteiger partial charge in [-0.1, -0.05) is 48.5 Å². The van der Waals surface area contributed by atoms with Crippen LogP contribution in [0.1, 0.15) is 23.5 Å². The molecule has 18 heavy (non-hydrogen) atoms. The first-order chi connectivity index (χ1) is 8.62. The van der Waals surface area contributed by atoms with Gasteiger partial charge in [0.1, 0.15) is 0 Å². The highest BCUT2D eigenvalue weighted by Gasteiger charge is 2.17. The van der Waals surface area contributed by atoms with E-state index in [1.54, 1.807) is 11.8 Å². The fourth-order valence-corrected chi connectivity index (χ4v) is 3.77. The molecule has 0 aliphatic heterocycles. The average Bonchev–Trinajstić information content (AvgIpc) is 2.75. The van der Waals surface area contributed by atoms with Crippen molar-refractivity contribution in [3.8, 4) is 0 Å². The van der Waals surface area contributed by atoms with Gasteiger partial charge in [0.25, 0.3) is 0 Å². The Morgan fingerprint density at radius 3 is 2.72 bits per heavy atom. The zero-order chi connectivity index (χ0) is 13.5. The zero-order valence-corrected chi connectivity index (χ0v) is 13.1. The molecular formula is C11H17ClN2O2S2. The van der Waals surface area contributed by atoms with Crippen LogP contribution in [0.15, 0.2) is 4.34 Å². The number of carbonyl (C=O) groups is 1. The standard InChI is InChI=1S/C11H17ClN2O2S2/c1-4-14(5-2)6-7-17-11-13-9(12)8(18-11)10(15)16-3/h4-7H2,1-3H3. The van der Waals surface area contributed by atoms with E-state index in [4.69, 9.17) is 11.6 Å². The third-order valence-electron chi connectivity index (χ3n) is 2.46. The van der Waals surface area contributed by atoms with Crippen LogP contribution >= 0.6 is 34.7 Å². The molecule has 0 fully saturated rings. The number of ether oxygens (including phenoxy) is 1. The van der Waals surface area contributed by atoms with Gasteiger partial charge in [-0.25, -0.2) is 9.78 Å². The van der Waals surface area contributed by atoms with Crippen molar-refractivity contribution in [2.75, 3.05) is 32.5 Å². The van der Waals surface area contributed by atoms with Gasteiger partial charge in [-0.2, -0.15) is 0 Å². The van der Waals surface area contributed by atoms with Crippen molar-refractivity contribution in [1.82, 2.24) is 9.88 Å². The molecule has 0 amide bonds. The Balaban J connectivity index is 2.51. The first-order valence-electron chi connectivity index (χ1n) is 5.72. The number of nitrogens with zero attached hydrogens (tertiary/aromatic N) is 2. The van der Waals surface area contributed by atoms with Crippen molar-refractivity contribution in [3.63, 3.8) is 0 Å². The third kappa shape index (κ3) is 4.42. The van der Waals surface area contributed by atoms with E-state index in [-0.39, 0.29) is 5.15 Å². The average molecular weight is 309 g/mol. The first kappa shape index (κ1) is 15.8. The molecule has 0 saturated carbocycles. The second kappa shape index (κ2) is 7.99. The van der Waals surface area contributed by atoms with Gasteiger partial charge in [-0.05, 0) is 13.1 Å². The van der Waals surface area contributed by atoms with E-state index in [0.29, 0.717) is 4.88 Å². The van der Waals surface area contributed by atoms with Crippen LogP contribution in [0.25, 0.3) is 0 Å². The Morgan fingerprint density at radius 2 is 2.17 bits per heavy atom. The van der Waals surface area contributed by atoms with Crippen LogP contribution in [-0.2, 0) is 4.74 Å². The second-order valence-electron chi connectivity index (χ2n) is 3.47. The summed E-state index contributed by atoms with van der Waals surface area (Å²) in [5, 5.41) is 0.234. The maximum absolute atomic E-state index is 11.4. The number of aromatic nitrogens is 1. The summed E-state index contributed by atoms with van der Waals surface area (Å²) in [5.74, 6) is 0.514. The number of methoxy groups -OCH3 is 1. The van der Waals surface area contributed by atoms with Gasteiger partial charge in [-0.15, -0.1) is 0 Å². The number of hydrogen-bond donors (Lipinski definition) is 0. The minimum Gasteiger partial charge on any atom is -0.465 e. The SMILES string of the molecule is CCN(CC)CCSc1nc(Cl)c(C(=O)OC)s1. The second-order valence-corrected chi connectivity index (χ2v) is 6.17. The van der Waals surface area contributed by atoms with Gasteiger partial charge in [-0.3, -0.25) is 0 Å². The molecule has 0 aliphatic carbocycles. The third-order valence-corrected chi connectivity index (χ3v) is 5.01. The number of carbonyl (C=O) groups excluding carboxylic acids is 1. The minimum absolute atomic E-state index is 0.234. The quantitative estimate of drug-likeness (QED) is 0.572. The number of rotatable bonds is 7. The van der Waals surface area contributed by atoms with Crippen molar-refractivity contribution < 1.29 is 9.53 Å². The van der Waals surface area contributed by atoms with Crippen LogP contribution in [-0.4, -0.2) is 48.4 Å². The lowest BCUT2D eigenvalue weighted by molar-refractivity contribution is 0.0606. The van der Waals surface area contributed by atoms with Crippen molar-refractivity contribution in [3.05, 3.63) is 10.0 Å². The zero-order valence-electron chi connectivity index (χ0n) is 10.7. The van der Waals surface area contributed by atoms with E-state index in [0.717, 1.165) is 29.7 Å². The molecule has 7 heteroatoms. The fourth-order valence-electron chi connectivity index (χ4n) is 1.37. The summed E-state index contributed by atoms with van der Waals surface area (Å²) in [6.45, 7) is 7.38. The Labute approximate surface area is 121 Å². The molecule has 0 bridgehead atoms. The van der Waals surface area contributed by atoms with E-state index in [2.05, 4.69) is 28.5 Å². The van der Waals surface area contributed by atoms with E-state index in [1.807, 2.05) is 0 Å². The summed E-state index contributed by atoms with van der Waals surface area (Å²) in [6.07, 6.45) is 0. The predicted octanol–water partition coefficient (Wildman–Crippen LogP) is 3.02. The molecule has 1 heterocycles. The summed E-state index contributed by atoms with van der Waals surface area (Å²) < 4.78 is 5.45. The molecule has 0 radical (unpaired) electrons. The highest BCUT2D eigenvalue weighted by Crippen LogP contribution is 2.30. The lowest BCUT2D eigenvalue weighted by atomic mass is 10.5. The van der Waals surface area contributed by atoms with Crippen LogP contribution in [0.5, 0.6) is 0 Å². The molecule has 1 rings (SSSR count). The van der Waals surface area contributed by atoms with Gasteiger partial charge in [0, 0.05) is 12.3 Å². The van der Waals surface area contributed by atoms with E-state index >= 15 is 0 Å². The number of hydrogen-bond acceptors (Lipinski definition) is 6. The van der Waals surface area contributed by atoms with E-state index in [9.17, 15) is 4.79 Å². The number of esters is 1. The molecule has 0 aliphatic rings. The largest absolute Gasteiger partial charge is 0.465 e. The maximum Gasteiger partial charge on any atom is 0.351 e. The van der Waals surface area contributed by atoms with Crippen molar-refractivity contribution in [2.24, 2.45) is 0 Å². The lowest BCUT2D eigenvalue weighted by Gasteiger charge is -2.16. The van der Waals surface area contributed by atoms with Gasteiger partial charge < -0.3 is 9.64 Å². The molecule has 0 unspecified atom stereocenters. The number of thiazole rings is 1. The molecular weight excluding hydrogens is 292 g/mol. The van der Waals surface area contributed by atoms with Crippen LogP contribution in [0.4, 0.5) is 0 Å². The number of thioether (sulfide) groups is 1. The van der Waals surface area contributed by atoms with Crippen molar-refractivity contribution in [1.29, 1.82) is 0 Å². The monoisotopic (exact) mass is 308 g/mol. The Kier molecular flexibility index (Phi) is 6.99. The Bertz CT molecular complexity index is 394. The van der Waals surface area contributed by atoms with Crippen molar-refractivity contribution >= 4 is 40.7 Å². The van der Waals surface area contributed by atoms with Crippen molar-refractivity contribution in [2.45, 2.75) is 18.2 Å². The molecule has 0 N–H and O–H groups in total. The Morgan fingerprint density at radius 1 is 1.50 bits per heavy atom. The summed E-state index contributed by atoms with van der Waals surface area (Å²) in [7, 11) is 1.34. The van der Waals surface area contributed by atoms with Crippen LogP contribution in [0, 0.1) is 0 Å². The van der Waals surface area contributed by atoms with Crippen LogP contribution in [0.3, 0.4) is 0 Å². The summed E-state index contributed by atoms with van der Waals surface area (Å²) >= 11 is 8.79. The summed E-state index contributed by atoms with van der Waals surface area (Å²) in [4.78, 5) is 18.2. The molecule has 0 spiro atoms. The molecule has 102 valence electrons. The highest BCUT2D eigenvalue weighted by atomic mass is 35.5. The first-order valence-corrected chi connectivity index (χ1v) is 7.90. The van der Waals surface area contributed by atoms with Crippen LogP contribution < -0.4 is 0 Å². The van der Waals surface area contributed by atoms with Crippen LogP contribution in [0.2, 0.25) is 5.15 Å². The molecule has 1 aromatic heterocycles. The number of halogens is 1. The smallest absolute Gasteiger partial charge is 0.351 e. The van der Waals surface area contributed by atoms with Gasteiger partial charge in [0.05, 0.1) is 7.11 Å². The topological polar surface area (TPSA) is 42.4 Å². The summed E-state index contributed by atoms with van der Waals surface area (Å²) in [5.41, 5.74) is 0. The highest BCUT2D eigenvalue weighted by molar-refractivity contribution is 8.01. The summed E-state index contributed by atoms with van der Waals surface area (Å²) in [6, 6.07) is 0. The lowest BCUT2D eigenvalue weighted by Crippen LogP contribution is -2.25. The maximum atomic E-state index is 11.4. The molecule has 1 aromatic rings. The Hall–Kier alpha value is -0.300. The van der Waals surface area contributed by atoms with E-state index in [1.165, 1.54) is 18.4 Å². The molecule has 0 atom stereocenters. The molecule has 0 aromatic carbocycles. The van der Waals surface area contributed by atoms with Gasteiger partial charge >= 0.3 is 5.97 Å². The predicted molar refractivity (Wildman–Crippen MR) is 77.0 cm³/mol. The fraction of sp³-hybridized carbons (Fsp3) is 0.636.